The van der Waals surface area contributed by atoms with Crippen molar-refractivity contribution >= 4 is 0 Å². The van der Waals surface area contributed by atoms with Crippen LogP contribution in [0.2, 0.25) is 0 Å². The number of hydrogen-bond acceptors (Lipinski definition) is 2. The van der Waals surface area contributed by atoms with Gasteiger partial charge in [-0.15, -0.1) is 0 Å². The molecule has 1 unspecified atom stereocenters. The average Bonchev–Trinajstić information content (AvgIpc) is 1.82. The first-order chi connectivity index (χ1) is 4.54. The van der Waals surface area contributed by atoms with E-state index < -0.39 is 25.7 Å². The molecule has 6 heteroatoms. The van der Waals surface area contributed by atoms with E-state index >= 15 is 0 Å². The second kappa shape index (κ2) is 4.45. The highest BCUT2D eigenvalue weighted by molar-refractivity contribution is 4.43. The molecule has 0 aromatic rings. The normalized spacial score (nSPS) is 14.7. The van der Waals surface area contributed by atoms with Crippen LogP contribution in [0.3, 0.4) is 0 Å². The van der Waals surface area contributed by atoms with Crippen molar-refractivity contribution in [3.8, 4) is 0 Å². The Bertz CT molecular complexity index is 87.3. The lowest BCUT2D eigenvalue weighted by molar-refractivity contribution is -0.190. The molecule has 0 spiro atoms. The number of hydrogen-bond donors (Lipinski definition) is 1. The van der Waals surface area contributed by atoms with E-state index in [-0.39, 0.29) is 0 Å². The summed E-state index contributed by atoms with van der Waals surface area (Å²) in [7, 11) is 0. The summed E-state index contributed by atoms with van der Waals surface area (Å²) in [6, 6.07) is 0. The smallest absolute Gasteiger partial charge is 0.288 e. The SMILES string of the molecule is OC(OCC(F)F)C(F)F. The van der Waals surface area contributed by atoms with Crippen LogP contribution in [0.5, 0.6) is 0 Å². The quantitative estimate of drug-likeness (QED) is 0.490. The molecule has 0 radical (unpaired) electrons. The average molecular weight is 162 g/mol. The molecule has 1 atom stereocenters. The van der Waals surface area contributed by atoms with Gasteiger partial charge in [0.1, 0.15) is 6.61 Å². The van der Waals surface area contributed by atoms with Crippen molar-refractivity contribution < 1.29 is 27.4 Å². The van der Waals surface area contributed by atoms with Crippen LogP contribution in [0.4, 0.5) is 17.6 Å². The zero-order valence-corrected chi connectivity index (χ0v) is 4.81. The molecule has 62 valence electrons. The van der Waals surface area contributed by atoms with Crippen LogP contribution in [0.1, 0.15) is 0 Å². The molecular formula is C4H6F4O2. The Balaban J connectivity index is 3.30. The van der Waals surface area contributed by atoms with Gasteiger partial charge in [-0.2, -0.15) is 0 Å². The number of alkyl halides is 4. The van der Waals surface area contributed by atoms with Crippen LogP contribution >= 0.6 is 0 Å². The molecule has 10 heavy (non-hydrogen) atoms. The summed E-state index contributed by atoms with van der Waals surface area (Å²) in [5.74, 6) is 0. The Labute approximate surface area is 54.4 Å². The van der Waals surface area contributed by atoms with Crippen molar-refractivity contribution in [2.24, 2.45) is 0 Å². The van der Waals surface area contributed by atoms with Crippen LogP contribution in [0.25, 0.3) is 0 Å². The zero-order chi connectivity index (χ0) is 8.15. The first-order valence-corrected chi connectivity index (χ1v) is 2.40. The molecule has 0 saturated carbocycles. The van der Waals surface area contributed by atoms with Gasteiger partial charge in [-0.25, -0.2) is 17.6 Å². The Morgan fingerprint density at radius 2 is 1.70 bits per heavy atom. The summed E-state index contributed by atoms with van der Waals surface area (Å²) < 4.78 is 48.5. The summed E-state index contributed by atoms with van der Waals surface area (Å²) in [6.07, 6.45) is -8.39. The molecule has 0 fully saturated rings. The molecule has 0 heterocycles. The minimum atomic E-state index is -3.14. The summed E-state index contributed by atoms with van der Waals surface area (Å²) in [5, 5.41) is 8.07. The van der Waals surface area contributed by atoms with Crippen LogP contribution < -0.4 is 0 Å². The van der Waals surface area contributed by atoms with E-state index in [1.165, 1.54) is 0 Å². The van der Waals surface area contributed by atoms with Crippen LogP contribution in [0, 0.1) is 0 Å². The van der Waals surface area contributed by atoms with Gasteiger partial charge in [-0.1, -0.05) is 0 Å². The number of halogens is 4. The van der Waals surface area contributed by atoms with Crippen LogP contribution in [0.15, 0.2) is 0 Å². The lowest BCUT2D eigenvalue weighted by Gasteiger charge is -2.09. The molecule has 0 bridgehead atoms. The minimum absolute atomic E-state index is 1.18. The Kier molecular flexibility index (Phi) is 4.29. The third-order valence-electron chi connectivity index (χ3n) is 0.609. The number of rotatable bonds is 4. The largest absolute Gasteiger partial charge is 0.363 e. The third kappa shape index (κ3) is 4.51. The van der Waals surface area contributed by atoms with E-state index in [1.54, 1.807) is 0 Å². The molecule has 0 aliphatic carbocycles. The fourth-order valence-electron chi connectivity index (χ4n) is 0.244. The molecule has 0 aromatic carbocycles. The standard InChI is InChI=1S/C4H6F4O2/c5-2(6)1-10-4(9)3(7)8/h2-4,9H,1H2. The Hall–Kier alpha value is -0.360. The Morgan fingerprint density at radius 1 is 1.20 bits per heavy atom. The number of ether oxygens (including phenoxy) is 1. The fraction of sp³-hybridized carbons (Fsp3) is 1.00. The van der Waals surface area contributed by atoms with Gasteiger partial charge in [0.25, 0.3) is 12.9 Å². The van der Waals surface area contributed by atoms with Gasteiger partial charge < -0.3 is 9.84 Å². The van der Waals surface area contributed by atoms with Crippen molar-refractivity contribution in [3.05, 3.63) is 0 Å². The Morgan fingerprint density at radius 3 is 2.00 bits per heavy atom. The predicted octanol–water partition coefficient (Wildman–Crippen LogP) is 0.852. The van der Waals surface area contributed by atoms with Crippen molar-refractivity contribution in [1.82, 2.24) is 0 Å². The molecule has 0 rings (SSSR count). The van der Waals surface area contributed by atoms with Gasteiger partial charge in [-0.05, 0) is 0 Å². The van der Waals surface area contributed by atoms with Gasteiger partial charge in [-0.3, -0.25) is 0 Å². The zero-order valence-electron chi connectivity index (χ0n) is 4.81. The number of aliphatic hydroxyl groups is 1. The molecule has 0 saturated heterocycles. The molecule has 0 amide bonds. The molecule has 2 nitrogen and oxygen atoms in total. The minimum Gasteiger partial charge on any atom is -0.363 e. The molecular weight excluding hydrogens is 156 g/mol. The van der Waals surface area contributed by atoms with Crippen LogP contribution in [-0.2, 0) is 4.74 Å². The predicted molar refractivity (Wildman–Crippen MR) is 24.0 cm³/mol. The van der Waals surface area contributed by atoms with Gasteiger partial charge in [0.2, 0.25) is 6.29 Å². The van der Waals surface area contributed by atoms with Gasteiger partial charge in [0.05, 0.1) is 0 Å². The fourth-order valence-corrected chi connectivity index (χ4v) is 0.244. The van der Waals surface area contributed by atoms with E-state index in [1.807, 2.05) is 0 Å². The highest BCUT2D eigenvalue weighted by atomic mass is 19.3. The molecule has 1 N–H and O–H groups in total. The highest BCUT2D eigenvalue weighted by Gasteiger charge is 2.18. The lowest BCUT2D eigenvalue weighted by atomic mass is 10.6. The first kappa shape index (κ1) is 9.64. The molecule has 0 aromatic heterocycles. The van der Waals surface area contributed by atoms with Gasteiger partial charge >= 0.3 is 0 Å². The number of aliphatic hydroxyl groups excluding tert-OH is 1. The van der Waals surface area contributed by atoms with E-state index in [0.717, 1.165) is 0 Å². The highest BCUT2D eigenvalue weighted by Crippen LogP contribution is 2.03. The summed E-state index contributed by atoms with van der Waals surface area (Å²) in [6.45, 7) is -1.18. The molecule has 0 aliphatic heterocycles. The van der Waals surface area contributed by atoms with Crippen molar-refractivity contribution in [2.75, 3.05) is 6.61 Å². The maximum Gasteiger partial charge on any atom is 0.288 e. The second-order valence-corrected chi connectivity index (χ2v) is 1.45. The maximum atomic E-state index is 11.3. The van der Waals surface area contributed by atoms with Crippen molar-refractivity contribution in [3.63, 3.8) is 0 Å². The summed E-state index contributed by atoms with van der Waals surface area (Å²) in [4.78, 5) is 0. The molecule has 0 aliphatic rings. The van der Waals surface area contributed by atoms with Gasteiger partial charge in [0.15, 0.2) is 0 Å². The first-order valence-electron chi connectivity index (χ1n) is 2.40. The van der Waals surface area contributed by atoms with Gasteiger partial charge in [0, 0.05) is 0 Å². The van der Waals surface area contributed by atoms with Crippen molar-refractivity contribution in [2.45, 2.75) is 19.1 Å². The van der Waals surface area contributed by atoms with E-state index in [4.69, 9.17) is 5.11 Å². The van der Waals surface area contributed by atoms with E-state index in [2.05, 4.69) is 4.74 Å². The monoisotopic (exact) mass is 162 g/mol. The second-order valence-electron chi connectivity index (χ2n) is 1.45. The summed E-state index contributed by atoms with van der Waals surface area (Å²) >= 11 is 0. The van der Waals surface area contributed by atoms with Crippen LogP contribution in [-0.4, -0.2) is 30.9 Å². The van der Waals surface area contributed by atoms with E-state index in [9.17, 15) is 17.6 Å². The lowest BCUT2D eigenvalue weighted by Crippen LogP contribution is -2.23. The van der Waals surface area contributed by atoms with Crippen molar-refractivity contribution in [1.29, 1.82) is 0 Å². The maximum absolute atomic E-state index is 11.3. The van der Waals surface area contributed by atoms with E-state index in [0.29, 0.717) is 0 Å². The topological polar surface area (TPSA) is 29.5 Å². The third-order valence-corrected chi connectivity index (χ3v) is 0.609. The summed E-state index contributed by atoms with van der Waals surface area (Å²) in [5.41, 5.74) is 0.